The third-order valence-electron chi connectivity index (χ3n) is 4.33. The van der Waals surface area contributed by atoms with Gasteiger partial charge in [-0.05, 0) is 35.9 Å². The summed E-state index contributed by atoms with van der Waals surface area (Å²) in [5.74, 6) is 0.939. The predicted molar refractivity (Wildman–Crippen MR) is 92.1 cm³/mol. The monoisotopic (exact) mass is 300 g/mol. The zero-order valence-corrected chi connectivity index (χ0v) is 14.0. The van der Waals surface area contributed by atoms with Crippen LogP contribution in [0.5, 0.6) is 0 Å². The van der Waals surface area contributed by atoms with Gasteiger partial charge >= 0.3 is 0 Å². The fourth-order valence-electron chi connectivity index (χ4n) is 2.72. The highest BCUT2D eigenvalue weighted by atomic mass is 16.1. The van der Waals surface area contributed by atoms with Gasteiger partial charge in [-0.1, -0.05) is 56.7 Å². The van der Waals surface area contributed by atoms with Crippen LogP contribution in [0.3, 0.4) is 0 Å². The Labute approximate surface area is 134 Å². The van der Waals surface area contributed by atoms with Gasteiger partial charge in [0.1, 0.15) is 0 Å². The second-order valence-electron chi connectivity index (χ2n) is 6.52. The number of rotatable bonds is 6. The molecule has 1 unspecified atom stereocenters. The van der Waals surface area contributed by atoms with Crippen molar-refractivity contribution in [2.75, 3.05) is 19.6 Å². The summed E-state index contributed by atoms with van der Waals surface area (Å²) in [5, 5.41) is 6.33. The first-order valence-corrected chi connectivity index (χ1v) is 8.31. The quantitative estimate of drug-likeness (QED) is 0.791. The largest absolute Gasteiger partial charge is 0.352 e. The Kier molecular flexibility index (Phi) is 6.20. The van der Waals surface area contributed by atoms with E-state index in [1.54, 1.807) is 0 Å². The molecule has 3 nitrogen and oxygen atoms in total. The van der Waals surface area contributed by atoms with Crippen LogP contribution < -0.4 is 10.6 Å². The van der Waals surface area contributed by atoms with Crippen molar-refractivity contribution in [1.82, 2.24) is 10.6 Å². The van der Waals surface area contributed by atoms with E-state index in [0.29, 0.717) is 18.9 Å². The van der Waals surface area contributed by atoms with Gasteiger partial charge in [0.15, 0.2) is 0 Å². The molecule has 0 bridgehead atoms. The summed E-state index contributed by atoms with van der Waals surface area (Å²) in [6, 6.07) is 8.66. The lowest BCUT2D eigenvalue weighted by atomic mass is 9.94. The average Bonchev–Trinajstić information content (AvgIpc) is 2.54. The second-order valence-corrected chi connectivity index (χ2v) is 6.52. The van der Waals surface area contributed by atoms with E-state index in [-0.39, 0.29) is 11.8 Å². The smallest absolute Gasteiger partial charge is 0.220 e. The molecule has 2 N–H and O–H groups in total. The maximum atomic E-state index is 12.1. The molecule has 1 heterocycles. The lowest BCUT2D eigenvalue weighted by Gasteiger charge is -2.16. The Bertz CT molecular complexity index is 517. The summed E-state index contributed by atoms with van der Waals surface area (Å²) in [7, 11) is 0. The highest BCUT2D eigenvalue weighted by Crippen LogP contribution is 2.22. The van der Waals surface area contributed by atoms with Crippen molar-refractivity contribution in [2.45, 2.75) is 45.4 Å². The molecule has 3 heteroatoms. The molecule has 1 aromatic carbocycles. The second kappa shape index (κ2) is 8.14. The number of benzene rings is 1. The zero-order valence-electron chi connectivity index (χ0n) is 14.0. The summed E-state index contributed by atoms with van der Waals surface area (Å²) in [4.78, 5) is 12.1. The van der Waals surface area contributed by atoms with Crippen LogP contribution in [0, 0.1) is 0 Å². The highest BCUT2D eigenvalue weighted by Gasteiger charge is 2.12. The van der Waals surface area contributed by atoms with Crippen LogP contribution in [0.25, 0.3) is 0 Å². The molecule has 0 radical (unpaired) electrons. The van der Waals surface area contributed by atoms with Crippen molar-refractivity contribution >= 4 is 5.91 Å². The average molecular weight is 300 g/mol. The predicted octanol–water partition coefficient (Wildman–Crippen LogP) is 3.34. The van der Waals surface area contributed by atoms with E-state index in [1.165, 1.54) is 16.7 Å². The maximum absolute atomic E-state index is 12.1. The van der Waals surface area contributed by atoms with Gasteiger partial charge in [0.05, 0.1) is 0 Å². The molecule has 0 spiro atoms. The molecular weight excluding hydrogens is 272 g/mol. The first kappa shape index (κ1) is 16.8. The molecule has 0 fully saturated rings. The third kappa shape index (κ3) is 4.99. The van der Waals surface area contributed by atoms with Crippen molar-refractivity contribution in [2.24, 2.45) is 0 Å². The summed E-state index contributed by atoms with van der Waals surface area (Å²) < 4.78 is 0. The van der Waals surface area contributed by atoms with Gasteiger partial charge in [-0.2, -0.15) is 0 Å². The van der Waals surface area contributed by atoms with Gasteiger partial charge < -0.3 is 10.6 Å². The lowest BCUT2D eigenvalue weighted by molar-refractivity contribution is -0.121. The molecule has 1 atom stereocenters. The van der Waals surface area contributed by atoms with Gasteiger partial charge in [0, 0.05) is 19.5 Å². The highest BCUT2D eigenvalue weighted by molar-refractivity contribution is 5.77. The molecule has 1 amide bonds. The fourth-order valence-corrected chi connectivity index (χ4v) is 2.72. The number of nitrogens with one attached hydrogen (secondary N) is 2. The van der Waals surface area contributed by atoms with Crippen LogP contribution in [0.4, 0.5) is 0 Å². The number of hydrogen-bond acceptors (Lipinski definition) is 2. The molecule has 0 aliphatic carbocycles. The van der Waals surface area contributed by atoms with Crippen LogP contribution in [0.1, 0.15) is 56.6 Å². The Morgan fingerprint density at radius 2 is 1.86 bits per heavy atom. The van der Waals surface area contributed by atoms with E-state index >= 15 is 0 Å². The summed E-state index contributed by atoms with van der Waals surface area (Å²) in [5.41, 5.74) is 3.92. The van der Waals surface area contributed by atoms with E-state index in [1.807, 2.05) is 0 Å². The normalized spacial score (nSPS) is 16.3. The van der Waals surface area contributed by atoms with Crippen molar-refractivity contribution in [3.8, 4) is 0 Å². The van der Waals surface area contributed by atoms with E-state index in [4.69, 9.17) is 0 Å². The Balaban J connectivity index is 1.81. The topological polar surface area (TPSA) is 41.1 Å². The first-order valence-electron chi connectivity index (χ1n) is 8.31. The molecule has 1 aliphatic heterocycles. The third-order valence-corrected chi connectivity index (χ3v) is 4.33. The van der Waals surface area contributed by atoms with E-state index in [2.05, 4.69) is 61.7 Å². The van der Waals surface area contributed by atoms with Gasteiger partial charge in [0.25, 0.3) is 0 Å². The standard InChI is InChI=1S/C19H28N2O/c1-14(2)17-4-6-18(7-5-17)15(3)12-19(22)21-13-16-8-10-20-11-9-16/h4-8,14-15,20H,9-13H2,1-3H3,(H,21,22). The SMILES string of the molecule is CC(C)c1ccc(C(C)CC(=O)NCC2=CCNCC2)cc1. The van der Waals surface area contributed by atoms with E-state index in [0.717, 1.165) is 19.5 Å². The summed E-state index contributed by atoms with van der Waals surface area (Å²) in [6.45, 7) is 9.14. The molecule has 0 saturated heterocycles. The van der Waals surface area contributed by atoms with Crippen LogP contribution >= 0.6 is 0 Å². The first-order chi connectivity index (χ1) is 10.6. The van der Waals surface area contributed by atoms with Crippen LogP contribution in [-0.2, 0) is 4.79 Å². The van der Waals surface area contributed by atoms with Gasteiger partial charge in [-0.15, -0.1) is 0 Å². The Morgan fingerprint density at radius 3 is 2.45 bits per heavy atom. The molecule has 0 aromatic heterocycles. The minimum atomic E-state index is 0.139. The fraction of sp³-hybridized carbons (Fsp3) is 0.526. The van der Waals surface area contributed by atoms with E-state index < -0.39 is 0 Å². The van der Waals surface area contributed by atoms with E-state index in [9.17, 15) is 4.79 Å². The lowest BCUT2D eigenvalue weighted by Crippen LogP contribution is -2.30. The number of carbonyl (C=O) groups is 1. The number of hydrogen-bond donors (Lipinski definition) is 2. The molecule has 2 rings (SSSR count). The minimum Gasteiger partial charge on any atom is -0.352 e. The van der Waals surface area contributed by atoms with Gasteiger partial charge in [-0.3, -0.25) is 4.79 Å². The summed E-state index contributed by atoms with van der Waals surface area (Å²) in [6.07, 6.45) is 3.76. The van der Waals surface area contributed by atoms with Crippen molar-refractivity contribution in [3.05, 3.63) is 47.0 Å². The van der Waals surface area contributed by atoms with Crippen LogP contribution in [-0.4, -0.2) is 25.5 Å². The molecule has 1 aliphatic rings. The zero-order chi connectivity index (χ0) is 15.9. The minimum absolute atomic E-state index is 0.139. The van der Waals surface area contributed by atoms with Gasteiger partial charge in [-0.25, -0.2) is 0 Å². The van der Waals surface area contributed by atoms with Crippen molar-refractivity contribution < 1.29 is 4.79 Å². The Hall–Kier alpha value is -1.61. The van der Waals surface area contributed by atoms with Crippen LogP contribution in [0.15, 0.2) is 35.9 Å². The Morgan fingerprint density at radius 1 is 1.18 bits per heavy atom. The molecule has 0 saturated carbocycles. The van der Waals surface area contributed by atoms with Crippen LogP contribution in [0.2, 0.25) is 0 Å². The van der Waals surface area contributed by atoms with Gasteiger partial charge in [0.2, 0.25) is 5.91 Å². The molecule has 22 heavy (non-hydrogen) atoms. The van der Waals surface area contributed by atoms with Crippen molar-refractivity contribution in [1.29, 1.82) is 0 Å². The number of amides is 1. The molecular formula is C19H28N2O. The summed E-state index contributed by atoms with van der Waals surface area (Å²) >= 11 is 0. The maximum Gasteiger partial charge on any atom is 0.220 e. The number of carbonyl (C=O) groups excluding carboxylic acids is 1. The molecule has 1 aromatic rings. The molecule has 120 valence electrons. The van der Waals surface area contributed by atoms with Crippen molar-refractivity contribution in [3.63, 3.8) is 0 Å².